The minimum Gasteiger partial charge on any atom is -0.310 e. The topological polar surface area (TPSA) is 39.1 Å². The molecule has 3 heteroatoms. The van der Waals surface area contributed by atoms with Crippen molar-refractivity contribution in [3.05, 3.63) is 35.4 Å². The zero-order valence-electron chi connectivity index (χ0n) is 13.4. The SMILES string of the molecule is N#Cc1cccc(CNC2CCN(CC3CCCC3)CC2)c1. The van der Waals surface area contributed by atoms with Crippen molar-refractivity contribution in [1.82, 2.24) is 10.2 Å². The summed E-state index contributed by atoms with van der Waals surface area (Å²) in [5.74, 6) is 0.971. The van der Waals surface area contributed by atoms with Crippen LogP contribution in [0.1, 0.15) is 49.7 Å². The molecule has 1 aliphatic heterocycles. The third-order valence-electron chi connectivity index (χ3n) is 5.23. The lowest BCUT2D eigenvalue weighted by atomic mass is 10.0. The molecule has 0 aromatic heterocycles. The third-order valence-corrected chi connectivity index (χ3v) is 5.23. The molecule has 0 amide bonds. The summed E-state index contributed by atoms with van der Waals surface area (Å²) in [5.41, 5.74) is 1.97. The Morgan fingerprint density at radius 2 is 1.91 bits per heavy atom. The second-order valence-electron chi connectivity index (χ2n) is 6.92. The fraction of sp³-hybridized carbons (Fsp3) is 0.632. The molecular formula is C19H27N3. The van der Waals surface area contributed by atoms with E-state index in [9.17, 15) is 0 Å². The Morgan fingerprint density at radius 1 is 1.14 bits per heavy atom. The van der Waals surface area contributed by atoms with Gasteiger partial charge in [0.2, 0.25) is 0 Å². The lowest BCUT2D eigenvalue weighted by Gasteiger charge is -2.34. The summed E-state index contributed by atoms with van der Waals surface area (Å²) in [4.78, 5) is 2.67. The van der Waals surface area contributed by atoms with E-state index in [1.807, 2.05) is 18.2 Å². The average molecular weight is 297 g/mol. The number of nitrogens with one attached hydrogen (secondary N) is 1. The average Bonchev–Trinajstić information content (AvgIpc) is 3.07. The Morgan fingerprint density at radius 3 is 2.64 bits per heavy atom. The number of hydrogen-bond acceptors (Lipinski definition) is 3. The van der Waals surface area contributed by atoms with Crippen LogP contribution in [-0.2, 0) is 6.54 Å². The van der Waals surface area contributed by atoms with Crippen LogP contribution in [0.25, 0.3) is 0 Å². The van der Waals surface area contributed by atoms with E-state index in [2.05, 4.69) is 22.4 Å². The minimum absolute atomic E-state index is 0.630. The molecule has 3 rings (SSSR count). The van der Waals surface area contributed by atoms with Gasteiger partial charge in [-0.3, -0.25) is 0 Å². The van der Waals surface area contributed by atoms with Gasteiger partial charge < -0.3 is 10.2 Å². The zero-order chi connectivity index (χ0) is 15.2. The van der Waals surface area contributed by atoms with Gasteiger partial charge >= 0.3 is 0 Å². The fourth-order valence-corrected chi connectivity index (χ4v) is 3.89. The van der Waals surface area contributed by atoms with Crippen LogP contribution < -0.4 is 5.32 Å². The van der Waals surface area contributed by atoms with Crippen molar-refractivity contribution in [2.75, 3.05) is 19.6 Å². The largest absolute Gasteiger partial charge is 0.310 e. The van der Waals surface area contributed by atoms with Crippen molar-refractivity contribution in [1.29, 1.82) is 5.26 Å². The van der Waals surface area contributed by atoms with Crippen LogP contribution in [0.15, 0.2) is 24.3 Å². The van der Waals surface area contributed by atoms with Crippen LogP contribution >= 0.6 is 0 Å². The lowest BCUT2D eigenvalue weighted by Crippen LogP contribution is -2.43. The molecule has 3 nitrogen and oxygen atoms in total. The maximum absolute atomic E-state index is 8.95. The molecule has 118 valence electrons. The van der Waals surface area contributed by atoms with Crippen molar-refractivity contribution in [3.8, 4) is 6.07 Å². The molecule has 0 atom stereocenters. The van der Waals surface area contributed by atoms with Crippen LogP contribution in [-0.4, -0.2) is 30.6 Å². The van der Waals surface area contributed by atoms with Crippen LogP contribution in [0.5, 0.6) is 0 Å². The zero-order valence-corrected chi connectivity index (χ0v) is 13.4. The number of hydrogen-bond donors (Lipinski definition) is 1. The molecule has 2 aliphatic rings. The Kier molecular flexibility index (Phi) is 5.48. The smallest absolute Gasteiger partial charge is 0.0991 e. The number of likely N-dealkylation sites (tertiary alicyclic amines) is 1. The molecule has 22 heavy (non-hydrogen) atoms. The van der Waals surface area contributed by atoms with Gasteiger partial charge in [-0.05, 0) is 62.4 Å². The highest BCUT2D eigenvalue weighted by Gasteiger charge is 2.23. The number of piperidine rings is 1. The molecule has 0 unspecified atom stereocenters. The molecule has 0 radical (unpaired) electrons. The van der Waals surface area contributed by atoms with Gasteiger partial charge in [0.15, 0.2) is 0 Å². The van der Waals surface area contributed by atoms with E-state index in [0.29, 0.717) is 6.04 Å². The number of nitrogens with zero attached hydrogens (tertiary/aromatic N) is 2. The number of rotatable bonds is 5. The van der Waals surface area contributed by atoms with Crippen LogP contribution in [0.4, 0.5) is 0 Å². The Labute approximate surface area is 134 Å². The molecule has 1 saturated carbocycles. The normalized spacial score (nSPS) is 21.0. The van der Waals surface area contributed by atoms with E-state index >= 15 is 0 Å². The van der Waals surface area contributed by atoms with Gasteiger partial charge in [-0.15, -0.1) is 0 Å². The minimum atomic E-state index is 0.630. The molecule has 2 fully saturated rings. The van der Waals surface area contributed by atoms with E-state index < -0.39 is 0 Å². The van der Waals surface area contributed by atoms with Crippen LogP contribution in [0, 0.1) is 17.2 Å². The Bertz CT molecular complexity index is 506. The molecule has 1 heterocycles. The predicted molar refractivity (Wildman–Crippen MR) is 89.4 cm³/mol. The van der Waals surface area contributed by atoms with Gasteiger partial charge in [-0.2, -0.15) is 5.26 Å². The summed E-state index contributed by atoms with van der Waals surface area (Å²) >= 11 is 0. The van der Waals surface area contributed by atoms with Crippen molar-refractivity contribution in [2.24, 2.45) is 5.92 Å². The van der Waals surface area contributed by atoms with Crippen molar-refractivity contribution >= 4 is 0 Å². The molecule has 0 spiro atoms. The van der Waals surface area contributed by atoms with Gasteiger partial charge in [-0.25, -0.2) is 0 Å². The van der Waals surface area contributed by atoms with E-state index in [1.165, 1.54) is 63.7 Å². The number of benzene rings is 1. The highest BCUT2D eigenvalue weighted by atomic mass is 15.1. The maximum atomic E-state index is 8.95. The summed E-state index contributed by atoms with van der Waals surface area (Å²) in [5, 5.41) is 12.6. The molecule has 1 aromatic carbocycles. The number of nitriles is 1. The first-order valence-corrected chi connectivity index (χ1v) is 8.78. The monoisotopic (exact) mass is 297 g/mol. The van der Waals surface area contributed by atoms with E-state index in [0.717, 1.165) is 18.0 Å². The van der Waals surface area contributed by atoms with Gasteiger partial charge in [0, 0.05) is 19.1 Å². The molecule has 1 aliphatic carbocycles. The van der Waals surface area contributed by atoms with Crippen LogP contribution in [0.3, 0.4) is 0 Å². The second-order valence-corrected chi connectivity index (χ2v) is 6.92. The summed E-state index contributed by atoms with van der Waals surface area (Å²) in [6.45, 7) is 4.69. The first-order chi connectivity index (χ1) is 10.8. The fourth-order valence-electron chi connectivity index (χ4n) is 3.89. The lowest BCUT2D eigenvalue weighted by molar-refractivity contribution is 0.172. The molecule has 1 saturated heterocycles. The van der Waals surface area contributed by atoms with Gasteiger partial charge in [0.1, 0.15) is 0 Å². The highest BCUT2D eigenvalue weighted by Crippen LogP contribution is 2.26. The van der Waals surface area contributed by atoms with Crippen molar-refractivity contribution in [2.45, 2.75) is 51.1 Å². The Balaban J connectivity index is 1.39. The summed E-state index contributed by atoms with van der Waals surface area (Å²) in [6, 6.07) is 10.8. The summed E-state index contributed by atoms with van der Waals surface area (Å²) < 4.78 is 0. The van der Waals surface area contributed by atoms with E-state index in [1.54, 1.807) is 0 Å². The second kappa shape index (κ2) is 7.76. The van der Waals surface area contributed by atoms with E-state index in [4.69, 9.17) is 5.26 Å². The molecule has 1 N–H and O–H groups in total. The first kappa shape index (κ1) is 15.5. The van der Waals surface area contributed by atoms with Gasteiger partial charge in [0.25, 0.3) is 0 Å². The summed E-state index contributed by atoms with van der Waals surface area (Å²) in [7, 11) is 0. The Hall–Kier alpha value is -1.37. The quantitative estimate of drug-likeness (QED) is 0.906. The predicted octanol–water partition coefficient (Wildman–Crippen LogP) is 3.30. The maximum Gasteiger partial charge on any atom is 0.0991 e. The van der Waals surface area contributed by atoms with Crippen molar-refractivity contribution in [3.63, 3.8) is 0 Å². The standard InChI is InChI=1S/C19H27N3/c20-13-17-6-3-7-18(12-17)14-21-19-8-10-22(11-9-19)15-16-4-1-2-5-16/h3,6-7,12,16,19,21H,1-2,4-5,8-11,14-15H2. The highest BCUT2D eigenvalue weighted by molar-refractivity contribution is 5.32. The summed E-state index contributed by atoms with van der Waals surface area (Å²) in [6.07, 6.45) is 8.31. The first-order valence-electron chi connectivity index (χ1n) is 8.78. The third kappa shape index (κ3) is 4.32. The van der Waals surface area contributed by atoms with Gasteiger partial charge in [0.05, 0.1) is 11.6 Å². The van der Waals surface area contributed by atoms with Gasteiger partial charge in [-0.1, -0.05) is 25.0 Å². The molecular weight excluding hydrogens is 270 g/mol. The van der Waals surface area contributed by atoms with Crippen molar-refractivity contribution < 1.29 is 0 Å². The molecule has 1 aromatic rings. The molecule has 0 bridgehead atoms. The van der Waals surface area contributed by atoms with E-state index in [-0.39, 0.29) is 0 Å². The van der Waals surface area contributed by atoms with Crippen LogP contribution in [0.2, 0.25) is 0 Å².